The minimum atomic E-state index is -0.177. The number of hydrogen-bond acceptors (Lipinski definition) is 4. The monoisotopic (exact) mass is 499 g/mol. The molecule has 1 saturated heterocycles. The van der Waals surface area contributed by atoms with E-state index in [-0.39, 0.29) is 17.7 Å². The zero-order valence-electron chi connectivity index (χ0n) is 23.4. The number of piperidine rings is 1. The fourth-order valence-electron chi connectivity index (χ4n) is 4.19. The van der Waals surface area contributed by atoms with Crippen LogP contribution in [0, 0.1) is 0 Å². The maximum Gasteiger partial charge on any atom is 0.160 e. The second kappa shape index (κ2) is 17.7. The van der Waals surface area contributed by atoms with Crippen LogP contribution in [0.1, 0.15) is 73.6 Å². The molecule has 0 saturated carbocycles. The molecule has 1 aliphatic carbocycles. The summed E-state index contributed by atoms with van der Waals surface area (Å²) < 4.78 is 24.2. The number of likely N-dealkylation sites (tertiary alicyclic amines) is 1. The smallest absolute Gasteiger partial charge is 0.160 e. The summed E-state index contributed by atoms with van der Waals surface area (Å²) in [4.78, 5) is 14.0. The number of rotatable bonds is 10. The zero-order valence-corrected chi connectivity index (χ0v) is 23.4. The van der Waals surface area contributed by atoms with Crippen LogP contribution in [-0.4, -0.2) is 43.5 Å². The van der Waals surface area contributed by atoms with Crippen molar-refractivity contribution < 1.29 is 18.7 Å². The highest BCUT2D eigenvalue weighted by Crippen LogP contribution is 2.22. The van der Waals surface area contributed by atoms with Crippen LogP contribution in [0.3, 0.4) is 0 Å². The summed E-state index contributed by atoms with van der Waals surface area (Å²) in [5.74, 6) is 1.51. The van der Waals surface area contributed by atoms with E-state index in [1.807, 2.05) is 58.1 Å². The Kier molecular flexibility index (Phi) is 15.4. The van der Waals surface area contributed by atoms with E-state index in [2.05, 4.69) is 11.8 Å². The molecular weight excluding hydrogens is 453 g/mol. The van der Waals surface area contributed by atoms with Crippen molar-refractivity contribution in [3.8, 4) is 0 Å². The van der Waals surface area contributed by atoms with Gasteiger partial charge in [0.15, 0.2) is 5.78 Å². The number of ether oxygens (including phenoxy) is 2. The fourth-order valence-corrected chi connectivity index (χ4v) is 4.19. The van der Waals surface area contributed by atoms with Gasteiger partial charge in [0.1, 0.15) is 23.4 Å². The number of Topliss-reactive ketones (excluding diaryl/α,β-unsaturated/α-hetero) is 1. The summed E-state index contributed by atoms with van der Waals surface area (Å²) in [5.41, 5.74) is 2.72. The van der Waals surface area contributed by atoms with Gasteiger partial charge in [-0.05, 0) is 114 Å². The van der Waals surface area contributed by atoms with Crippen molar-refractivity contribution in [2.75, 3.05) is 26.7 Å². The van der Waals surface area contributed by atoms with Crippen LogP contribution in [0.4, 0.5) is 4.39 Å². The molecule has 0 bridgehead atoms. The molecule has 200 valence electrons. The molecule has 0 atom stereocenters. The fraction of sp³-hybridized carbons (Fsp3) is 0.516. The lowest BCUT2D eigenvalue weighted by atomic mass is 9.95. The summed E-state index contributed by atoms with van der Waals surface area (Å²) >= 11 is 0. The minimum Gasteiger partial charge on any atom is -0.497 e. The number of carbonyl (C=O) groups is 1. The molecule has 5 heteroatoms. The molecule has 0 spiro atoms. The van der Waals surface area contributed by atoms with E-state index in [9.17, 15) is 9.18 Å². The van der Waals surface area contributed by atoms with Gasteiger partial charge in [0, 0.05) is 18.7 Å². The summed E-state index contributed by atoms with van der Waals surface area (Å²) in [6.45, 7) is 15.0. The molecule has 0 N–H and O–H groups in total. The SMILES string of the molecule is CCCCN1CCC(OC2=CCC=C(F)C=C2)CC1.C\C=C(/C=C(C)\C(=C/C)C(=C/C)\C(C)=O)OC. The van der Waals surface area contributed by atoms with Crippen molar-refractivity contribution in [2.24, 2.45) is 0 Å². The van der Waals surface area contributed by atoms with Gasteiger partial charge >= 0.3 is 0 Å². The predicted octanol–water partition coefficient (Wildman–Crippen LogP) is 7.93. The average molecular weight is 500 g/mol. The van der Waals surface area contributed by atoms with Gasteiger partial charge in [-0.1, -0.05) is 25.5 Å². The van der Waals surface area contributed by atoms with Crippen LogP contribution in [0.5, 0.6) is 0 Å². The van der Waals surface area contributed by atoms with Crippen LogP contribution in [0.25, 0.3) is 0 Å². The molecule has 36 heavy (non-hydrogen) atoms. The molecular formula is C31H46FNO3. The lowest BCUT2D eigenvalue weighted by Crippen LogP contribution is -2.37. The Labute approximate surface area is 218 Å². The van der Waals surface area contributed by atoms with Crippen molar-refractivity contribution in [3.05, 3.63) is 82.7 Å². The van der Waals surface area contributed by atoms with E-state index in [1.165, 1.54) is 25.5 Å². The Balaban J connectivity index is 0.000000363. The lowest BCUT2D eigenvalue weighted by Gasteiger charge is -2.32. The zero-order chi connectivity index (χ0) is 26.9. The lowest BCUT2D eigenvalue weighted by molar-refractivity contribution is -0.113. The first kappa shape index (κ1) is 31.4. The Hall–Kier alpha value is -2.66. The topological polar surface area (TPSA) is 38.8 Å². The van der Waals surface area contributed by atoms with E-state index in [0.29, 0.717) is 6.42 Å². The second-order valence-electron chi connectivity index (χ2n) is 8.96. The Bertz CT molecular complexity index is 910. The first-order chi connectivity index (χ1) is 17.3. The number of unbranched alkanes of at least 4 members (excludes halogenated alkanes) is 1. The van der Waals surface area contributed by atoms with E-state index in [4.69, 9.17) is 9.47 Å². The Morgan fingerprint density at radius 3 is 2.25 bits per heavy atom. The van der Waals surface area contributed by atoms with Crippen molar-refractivity contribution in [1.29, 1.82) is 0 Å². The molecule has 1 aliphatic heterocycles. The van der Waals surface area contributed by atoms with Crippen molar-refractivity contribution in [2.45, 2.75) is 79.8 Å². The molecule has 4 nitrogen and oxygen atoms in total. The molecule has 0 aromatic carbocycles. The maximum absolute atomic E-state index is 13.0. The number of hydrogen-bond donors (Lipinski definition) is 0. The van der Waals surface area contributed by atoms with Crippen LogP contribution < -0.4 is 0 Å². The summed E-state index contributed by atoms with van der Waals surface area (Å²) in [6, 6.07) is 0. The number of methoxy groups -OCH3 is 1. The van der Waals surface area contributed by atoms with Crippen LogP contribution in [0.2, 0.25) is 0 Å². The second-order valence-corrected chi connectivity index (χ2v) is 8.96. The Morgan fingerprint density at radius 1 is 1.06 bits per heavy atom. The minimum absolute atomic E-state index is 0.0767. The largest absolute Gasteiger partial charge is 0.497 e. The molecule has 0 aromatic heterocycles. The standard InChI is InChI=1S/C16H24FNO.C15H22O2/c1-2-3-11-18-12-9-16(10-13-18)19-15-6-4-5-14(17)7-8-15;1-7-13(17-6)10-11(4)14(8-2)15(9-3)12(5)16/h5-8,16H,2-4,9-13H2,1H3;7-10H,1-6H3/b;11-10-,13-7+,14-8+,15-9-. The molecule has 1 fully saturated rings. The molecule has 0 amide bonds. The molecule has 0 radical (unpaired) electrons. The number of nitrogens with zero attached hydrogens (tertiary/aromatic N) is 1. The average Bonchev–Trinajstić information content (AvgIpc) is 3.08. The van der Waals surface area contributed by atoms with Crippen LogP contribution >= 0.6 is 0 Å². The highest BCUT2D eigenvalue weighted by Gasteiger charge is 2.20. The van der Waals surface area contributed by atoms with Crippen molar-refractivity contribution in [1.82, 2.24) is 4.90 Å². The third-order valence-electron chi connectivity index (χ3n) is 6.25. The molecule has 0 unspecified atom stereocenters. The third-order valence-corrected chi connectivity index (χ3v) is 6.25. The summed E-state index contributed by atoms with van der Waals surface area (Å²) in [7, 11) is 1.63. The number of ketones is 1. The van der Waals surface area contributed by atoms with Crippen LogP contribution in [-0.2, 0) is 14.3 Å². The van der Waals surface area contributed by atoms with E-state index in [0.717, 1.165) is 54.2 Å². The highest BCUT2D eigenvalue weighted by atomic mass is 19.1. The molecule has 0 aromatic rings. The van der Waals surface area contributed by atoms with Gasteiger partial charge < -0.3 is 14.4 Å². The van der Waals surface area contributed by atoms with Gasteiger partial charge in [0.25, 0.3) is 0 Å². The summed E-state index contributed by atoms with van der Waals surface area (Å²) in [6.07, 6.45) is 19.9. The first-order valence-electron chi connectivity index (χ1n) is 13.1. The number of allylic oxidation sites excluding steroid dienone is 12. The molecule has 1 heterocycles. The first-order valence-corrected chi connectivity index (χ1v) is 13.1. The van der Waals surface area contributed by atoms with Gasteiger partial charge in [-0.2, -0.15) is 0 Å². The maximum atomic E-state index is 13.0. The number of carbonyl (C=O) groups excluding carboxylic acids is 1. The normalized spacial score (nSPS) is 18.6. The quantitative estimate of drug-likeness (QED) is 0.174. The van der Waals surface area contributed by atoms with Gasteiger partial charge in [-0.15, -0.1) is 0 Å². The van der Waals surface area contributed by atoms with E-state index < -0.39 is 0 Å². The number of halogens is 1. The van der Waals surface area contributed by atoms with E-state index >= 15 is 0 Å². The van der Waals surface area contributed by atoms with Gasteiger partial charge in [-0.25, -0.2) is 4.39 Å². The highest BCUT2D eigenvalue weighted by molar-refractivity contribution is 5.98. The molecule has 2 rings (SSSR count). The van der Waals surface area contributed by atoms with E-state index in [1.54, 1.807) is 26.2 Å². The van der Waals surface area contributed by atoms with Crippen LogP contribution in [0.15, 0.2) is 82.7 Å². The van der Waals surface area contributed by atoms with Crippen molar-refractivity contribution in [3.63, 3.8) is 0 Å². The predicted molar refractivity (Wildman–Crippen MR) is 149 cm³/mol. The van der Waals surface area contributed by atoms with Gasteiger partial charge in [0.2, 0.25) is 0 Å². The molecule has 2 aliphatic rings. The van der Waals surface area contributed by atoms with Crippen molar-refractivity contribution >= 4 is 5.78 Å². The van der Waals surface area contributed by atoms with Gasteiger partial charge in [0.05, 0.1) is 7.11 Å². The third kappa shape index (κ3) is 11.4. The summed E-state index contributed by atoms with van der Waals surface area (Å²) in [5, 5.41) is 0. The Morgan fingerprint density at radius 2 is 1.72 bits per heavy atom. The van der Waals surface area contributed by atoms with Gasteiger partial charge in [-0.3, -0.25) is 4.79 Å².